The molecule has 1 aliphatic rings. The van der Waals surface area contributed by atoms with Crippen LogP contribution in [0.15, 0.2) is 41.4 Å². The van der Waals surface area contributed by atoms with Crippen molar-refractivity contribution in [3.05, 3.63) is 57.1 Å². The Morgan fingerprint density at radius 2 is 1.73 bits per heavy atom. The highest BCUT2D eigenvalue weighted by Gasteiger charge is 2.33. The van der Waals surface area contributed by atoms with Gasteiger partial charge in [-0.1, -0.05) is 26.7 Å². The highest BCUT2D eigenvalue weighted by molar-refractivity contribution is 7.68. The van der Waals surface area contributed by atoms with E-state index in [2.05, 4.69) is 63.3 Å². The van der Waals surface area contributed by atoms with Crippen molar-refractivity contribution in [1.82, 2.24) is 0 Å². The van der Waals surface area contributed by atoms with Crippen LogP contribution in [0.3, 0.4) is 0 Å². The maximum atomic E-state index is 5.46. The molecule has 0 radical (unpaired) electrons. The molecule has 0 saturated carbocycles. The molecule has 4 rings (SSSR count). The first-order chi connectivity index (χ1) is 12.4. The van der Waals surface area contributed by atoms with Crippen LogP contribution in [0.1, 0.15) is 29.9 Å². The average molecular weight is 383 g/mol. The van der Waals surface area contributed by atoms with E-state index in [1.165, 1.54) is 27.1 Å². The van der Waals surface area contributed by atoms with Crippen LogP contribution in [-0.2, 0) is 5.54 Å². The first kappa shape index (κ1) is 17.3. The molecule has 0 atom stereocenters. The van der Waals surface area contributed by atoms with Gasteiger partial charge < -0.3 is 10.1 Å². The quantitative estimate of drug-likeness (QED) is 0.552. The first-order valence-electron chi connectivity index (χ1n) is 8.60. The van der Waals surface area contributed by atoms with E-state index in [-0.39, 0.29) is 5.54 Å². The van der Waals surface area contributed by atoms with E-state index < -0.39 is 0 Å². The number of rotatable bonds is 2. The lowest BCUT2D eigenvalue weighted by Gasteiger charge is -2.33. The van der Waals surface area contributed by atoms with Crippen molar-refractivity contribution in [1.29, 1.82) is 0 Å². The number of anilines is 1. The minimum atomic E-state index is -0.117. The number of methoxy groups -OCH3 is 1. The van der Waals surface area contributed by atoms with Crippen molar-refractivity contribution in [2.75, 3.05) is 12.4 Å². The SMILES string of the molecule is COc1ccc2c(c1)-c1c(ssc1=Nc1cc(C)cc(C)c1)C(C)(C)N2. The van der Waals surface area contributed by atoms with E-state index in [0.29, 0.717) is 0 Å². The van der Waals surface area contributed by atoms with Gasteiger partial charge >= 0.3 is 0 Å². The molecule has 0 aliphatic carbocycles. The number of nitrogens with one attached hydrogen (secondary N) is 1. The summed E-state index contributed by atoms with van der Waals surface area (Å²) in [6.07, 6.45) is 0. The van der Waals surface area contributed by atoms with Crippen LogP contribution in [0.4, 0.5) is 11.4 Å². The third kappa shape index (κ3) is 2.95. The Labute approximate surface area is 161 Å². The topological polar surface area (TPSA) is 33.6 Å². The summed E-state index contributed by atoms with van der Waals surface area (Å²) in [6, 6.07) is 12.7. The molecule has 1 aliphatic heterocycles. The molecule has 3 nitrogen and oxygen atoms in total. The predicted octanol–water partition coefficient (Wildman–Crippen LogP) is 6.00. The van der Waals surface area contributed by atoms with Gasteiger partial charge in [0, 0.05) is 16.8 Å². The summed E-state index contributed by atoms with van der Waals surface area (Å²) in [5.41, 5.74) is 6.90. The van der Waals surface area contributed by atoms with Crippen LogP contribution in [0.5, 0.6) is 5.75 Å². The molecule has 0 amide bonds. The zero-order valence-electron chi connectivity index (χ0n) is 15.6. The number of hydrogen-bond donors (Lipinski definition) is 1. The van der Waals surface area contributed by atoms with Crippen LogP contribution >= 0.6 is 20.7 Å². The Morgan fingerprint density at radius 3 is 2.42 bits per heavy atom. The Bertz CT molecular complexity index is 1040. The summed E-state index contributed by atoms with van der Waals surface area (Å²) >= 11 is 0. The lowest BCUT2D eigenvalue weighted by molar-refractivity contribution is 0.415. The zero-order valence-corrected chi connectivity index (χ0v) is 17.3. The molecule has 3 aromatic rings. The second-order valence-electron chi connectivity index (χ2n) is 7.30. The third-order valence-corrected chi connectivity index (χ3v) is 7.23. The van der Waals surface area contributed by atoms with Crippen molar-refractivity contribution in [3.63, 3.8) is 0 Å². The monoisotopic (exact) mass is 382 g/mol. The van der Waals surface area contributed by atoms with Crippen LogP contribution < -0.4 is 14.7 Å². The van der Waals surface area contributed by atoms with E-state index in [4.69, 9.17) is 9.73 Å². The first-order valence-corrected chi connectivity index (χ1v) is 10.8. The lowest BCUT2D eigenvalue weighted by Crippen LogP contribution is -2.31. The van der Waals surface area contributed by atoms with Gasteiger partial charge in [-0.05, 0) is 69.2 Å². The summed E-state index contributed by atoms with van der Waals surface area (Å²) < 4.78 is 6.53. The Balaban J connectivity index is 1.98. The van der Waals surface area contributed by atoms with Gasteiger partial charge in [0.1, 0.15) is 10.4 Å². The highest BCUT2D eigenvalue weighted by Crippen LogP contribution is 2.46. The Morgan fingerprint density at radius 1 is 1.00 bits per heavy atom. The van der Waals surface area contributed by atoms with Crippen molar-refractivity contribution in [2.24, 2.45) is 4.99 Å². The van der Waals surface area contributed by atoms with Crippen molar-refractivity contribution < 1.29 is 4.74 Å². The fraction of sp³-hybridized carbons (Fsp3) is 0.286. The molecule has 2 aromatic carbocycles. The summed E-state index contributed by atoms with van der Waals surface area (Å²) in [6.45, 7) is 8.68. The number of fused-ring (bicyclic) bond motifs is 3. The van der Waals surface area contributed by atoms with Crippen molar-refractivity contribution in [3.8, 4) is 16.9 Å². The van der Waals surface area contributed by atoms with Crippen LogP contribution in [0.2, 0.25) is 0 Å². The summed E-state index contributed by atoms with van der Waals surface area (Å²) in [4.78, 5) is 6.34. The fourth-order valence-electron chi connectivity index (χ4n) is 3.48. The van der Waals surface area contributed by atoms with Crippen molar-refractivity contribution in [2.45, 2.75) is 33.2 Å². The van der Waals surface area contributed by atoms with Crippen LogP contribution in [-0.4, -0.2) is 7.11 Å². The molecule has 1 aromatic heterocycles. The van der Waals surface area contributed by atoms with Crippen LogP contribution in [0.25, 0.3) is 11.1 Å². The maximum absolute atomic E-state index is 5.46. The molecule has 0 saturated heterocycles. The fourth-order valence-corrected chi connectivity index (χ4v) is 6.42. The van der Waals surface area contributed by atoms with Gasteiger partial charge in [0.15, 0.2) is 0 Å². The molecule has 0 bridgehead atoms. The second-order valence-corrected chi connectivity index (χ2v) is 9.42. The molecule has 2 heterocycles. The summed E-state index contributed by atoms with van der Waals surface area (Å²) in [7, 11) is 5.26. The lowest BCUT2D eigenvalue weighted by atomic mass is 9.90. The number of aryl methyl sites for hydroxylation is 2. The van der Waals surface area contributed by atoms with Crippen molar-refractivity contribution >= 4 is 32.1 Å². The molecular formula is C21H22N2OS2. The minimum absolute atomic E-state index is 0.117. The van der Waals surface area contributed by atoms with Gasteiger partial charge in [-0.15, -0.1) is 0 Å². The van der Waals surface area contributed by atoms with Gasteiger partial charge in [0.25, 0.3) is 0 Å². The smallest absolute Gasteiger partial charge is 0.135 e. The van der Waals surface area contributed by atoms with E-state index in [0.717, 1.165) is 21.8 Å². The number of ether oxygens (including phenoxy) is 1. The highest BCUT2D eigenvalue weighted by atomic mass is 32.9. The van der Waals surface area contributed by atoms with Gasteiger partial charge in [0.2, 0.25) is 0 Å². The van der Waals surface area contributed by atoms with E-state index in [1.807, 2.05) is 16.4 Å². The van der Waals surface area contributed by atoms with E-state index >= 15 is 0 Å². The average Bonchev–Trinajstić information content (AvgIpc) is 2.98. The van der Waals surface area contributed by atoms with Crippen LogP contribution in [0, 0.1) is 13.8 Å². The number of nitrogens with zero attached hydrogens (tertiary/aromatic N) is 1. The minimum Gasteiger partial charge on any atom is -0.497 e. The normalized spacial score (nSPS) is 15.2. The van der Waals surface area contributed by atoms with Gasteiger partial charge in [0.05, 0.1) is 23.2 Å². The molecule has 26 heavy (non-hydrogen) atoms. The van der Waals surface area contributed by atoms with Gasteiger partial charge in [-0.2, -0.15) is 0 Å². The van der Waals surface area contributed by atoms with E-state index in [1.54, 1.807) is 17.5 Å². The molecule has 1 N–H and O–H groups in total. The molecule has 134 valence electrons. The molecule has 0 spiro atoms. The zero-order chi connectivity index (χ0) is 18.5. The molecule has 0 fully saturated rings. The van der Waals surface area contributed by atoms with Gasteiger partial charge in [-0.3, -0.25) is 0 Å². The number of hydrogen-bond acceptors (Lipinski definition) is 5. The second kappa shape index (κ2) is 6.25. The Hall–Kier alpha value is -2.11. The largest absolute Gasteiger partial charge is 0.497 e. The third-order valence-electron chi connectivity index (χ3n) is 4.59. The maximum Gasteiger partial charge on any atom is 0.135 e. The van der Waals surface area contributed by atoms with Gasteiger partial charge in [-0.25, -0.2) is 4.99 Å². The summed E-state index contributed by atoms with van der Waals surface area (Å²) in [5, 5.41) is 3.66. The van der Waals surface area contributed by atoms with E-state index in [9.17, 15) is 0 Å². The molecular weight excluding hydrogens is 360 g/mol. The predicted molar refractivity (Wildman–Crippen MR) is 112 cm³/mol. The molecule has 5 heteroatoms. The summed E-state index contributed by atoms with van der Waals surface area (Å²) in [5.74, 6) is 0.866. The molecule has 0 unspecified atom stereocenters. The number of benzene rings is 2. The Kier molecular flexibility index (Phi) is 4.16. The standard InChI is InChI=1S/C21H22N2OS2/c1-12-8-13(2)10-14(9-12)22-20-18-16-11-15(24-5)6-7-17(16)23-21(3,4)19(18)25-26-20/h6-11,23H,1-5H3.